The number of hydrogen-bond acceptors (Lipinski definition) is 7. The van der Waals surface area contributed by atoms with Gasteiger partial charge in [-0.15, -0.1) is 0 Å². The molecule has 0 saturated carbocycles. The Bertz CT molecular complexity index is 1090. The molecule has 0 fully saturated rings. The highest BCUT2D eigenvalue weighted by Gasteiger charge is 2.26. The van der Waals surface area contributed by atoms with E-state index in [0.29, 0.717) is 24.7 Å². The van der Waals surface area contributed by atoms with Gasteiger partial charge in [-0.05, 0) is 55.3 Å². The van der Waals surface area contributed by atoms with Crippen LogP contribution < -0.4 is 19.5 Å². The van der Waals surface area contributed by atoms with Crippen molar-refractivity contribution in [3.63, 3.8) is 0 Å². The van der Waals surface area contributed by atoms with Crippen molar-refractivity contribution in [1.82, 2.24) is 10.2 Å². The fourth-order valence-electron chi connectivity index (χ4n) is 3.69. The highest BCUT2D eigenvalue weighted by molar-refractivity contribution is 7.92. The quantitative estimate of drug-likeness (QED) is 0.662. The van der Waals surface area contributed by atoms with E-state index in [1.54, 1.807) is 43.3 Å². The number of nitrogens with one attached hydrogen (secondary N) is 2. The fourth-order valence-corrected chi connectivity index (χ4v) is 4.74. The molecule has 0 spiro atoms. The van der Waals surface area contributed by atoms with Crippen LogP contribution in [0.25, 0.3) is 0 Å². The summed E-state index contributed by atoms with van der Waals surface area (Å²) in [7, 11) is 0.976. The number of methoxy groups -OCH3 is 2. The van der Waals surface area contributed by atoms with E-state index in [4.69, 9.17) is 14.2 Å². The van der Waals surface area contributed by atoms with Crippen molar-refractivity contribution in [3.05, 3.63) is 48.0 Å². The number of sulfonamides is 1. The van der Waals surface area contributed by atoms with Gasteiger partial charge in [0.05, 0.1) is 23.7 Å². The van der Waals surface area contributed by atoms with Gasteiger partial charge < -0.3 is 24.4 Å². The molecule has 3 rings (SSSR count). The number of fused-ring (bicyclic) bond motifs is 1. The maximum Gasteiger partial charge on any atom is 0.261 e. The summed E-state index contributed by atoms with van der Waals surface area (Å²) >= 11 is 0. The van der Waals surface area contributed by atoms with Crippen molar-refractivity contribution >= 4 is 21.6 Å². The van der Waals surface area contributed by atoms with Crippen LogP contribution in [0.3, 0.4) is 0 Å². The van der Waals surface area contributed by atoms with Crippen molar-refractivity contribution in [2.45, 2.75) is 30.9 Å². The number of ether oxygens (including phenoxy) is 3. The lowest BCUT2D eigenvalue weighted by Gasteiger charge is -2.30. The molecule has 10 heteroatoms. The van der Waals surface area contributed by atoms with Crippen LogP contribution in [-0.2, 0) is 14.8 Å². The molecule has 2 aromatic rings. The second-order valence-corrected chi connectivity index (χ2v) is 10.2. The first-order chi connectivity index (χ1) is 16.1. The third-order valence-corrected chi connectivity index (χ3v) is 7.24. The van der Waals surface area contributed by atoms with E-state index < -0.39 is 10.0 Å². The van der Waals surface area contributed by atoms with Gasteiger partial charge in [-0.3, -0.25) is 9.52 Å². The molecule has 0 radical (unpaired) electrons. The highest BCUT2D eigenvalue weighted by atomic mass is 32.2. The van der Waals surface area contributed by atoms with Crippen LogP contribution in [0.4, 0.5) is 5.69 Å². The van der Waals surface area contributed by atoms with E-state index in [2.05, 4.69) is 17.0 Å². The van der Waals surface area contributed by atoms with Crippen LogP contribution in [0.2, 0.25) is 0 Å². The molecule has 1 aliphatic rings. The Kier molecular flexibility index (Phi) is 8.40. The minimum Gasteiger partial charge on any atom is -0.497 e. The van der Waals surface area contributed by atoms with Crippen LogP contribution in [0.15, 0.2) is 47.4 Å². The summed E-state index contributed by atoms with van der Waals surface area (Å²) in [4.78, 5) is 15.0. The highest BCUT2D eigenvalue weighted by Crippen LogP contribution is 2.27. The Morgan fingerprint density at radius 1 is 1.12 bits per heavy atom. The molecule has 2 aromatic carbocycles. The van der Waals surface area contributed by atoms with E-state index in [0.717, 1.165) is 6.54 Å². The fraction of sp³-hybridized carbons (Fsp3) is 0.458. The zero-order valence-electron chi connectivity index (χ0n) is 20.2. The van der Waals surface area contributed by atoms with Gasteiger partial charge in [0.1, 0.15) is 18.1 Å². The molecule has 186 valence electrons. The monoisotopic (exact) mass is 491 g/mol. The summed E-state index contributed by atoms with van der Waals surface area (Å²) < 4.78 is 45.0. The van der Waals surface area contributed by atoms with Gasteiger partial charge in [0.2, 0.25) is 0 Å². The molecule has 1 aliphatic heterocycles. The van der Waals surface area contributed by atoms with Gasteiger partial charge in [-0.1, -0.05) is 6.92 Å². The number of likely N-dealkylation sites (N-methyl/N-ethyl adjacent to an activating group) is 1. The Balaban J connectivity index is 1.92. The van der Waals surface area contributed by atoms with Crippen molar-refractivity contribution < 1.29 is 27.4 Å². The van der Waals surface area contributed by atoms with E-state index in [9.17, 15) is 13.2 Å². The summed E-state index contributed by atoms with van der Waals surface area (Å²) in [6, 6.07) is 10.8. The Morgan fingerprint density at radius 2 is 1.82 bits per heavy atom. The molecule has 2 N–H and O–H groups in total. The number of benzene rings is 2. The summed E-state index contributed by atoms with van der Waals surface area (Å²) in [6.45, 7) is 5.53. The summed E-state index contributed by atoms with van der Waals surface area (Å²) in [6.07, 6.45) is -0.158. The number of nitrogens with zero attached hydrogens (tertiary/aromatic N) is 1. The molecule has 0 saturated heterocycles. The van der Waals surface area contributed by atoms with Crippen molar-refractivity contribution in [2.75, 3.05) is 45.7 Å². The maximum absolute atomic E-state index is 13.3. The van der Waals surface area contributed by atoms with Crippen molar-refractivity contribution in [1.29, 1.82) is 0 Å². The number of anilines is 1. The smallest absolute Gasteiger partial charge is 0.261 e. The molecule has 0 aliphatic carbocycles. The van der Waals surface area contributed by atoms with Crippen LogP contribution in [-0.4, -0.2) is 72.3 Å². The number of carbonyl (C=O) groups excluding carboxylic acids is 1. The molecular weight excluding hydrogens is 458 g/mol. The van der Waals surface area contributed by atoms with Gasteiger partial charge in [-0.2, -0.15) is 0 Å². The van der Waals surface area contributed by atoms with Crippen LogP contribution >= 0.6 is 0 Å². The summed E-state index contributed by atoms with van der Waals surface area (Å²) in [5, 5.41) is 3.43. The van der Waals surface area contributed by atoms with Gasteiger partial charge in [0.25, 0.3) is 15.9 Å². The lowest BCUT2D eigenvalue weighted by atomic mass is 10.0. The second-order valence-electron chi connectivity index (χ2n) is 8.55. The molecule has 0 bridgehead atoms. The summed E-state index contributed by atoms with van der Waals surface area (Å²) in [5.41, 5.74) is 0.530. The van der Waals surface area contributed by atoms with Gasteiger partial charge in [0.15, 0.2) is 0 Å². The second kappa shape index (κ2) is 11.1. The Morgan fingerprint density at radius 3 is 2.47 bits per heavy atom. The van der Waals surface area contributed by atoms with E-state index in [-0.39, 0.29) is 40.1 Å². The van der Waals surface area contributed by atoms with Crippen molar-refractivity contribution in [2.24, 2.45) is 5.92 Å². The standard InChI is InChI=1S/C24H33N3O6S/c1-16-13-25-17(2)15-33-22-11-6-18(12-21(22)24(28)27(3)14-23(16)32-5)26-34(29,30)20-9-7-19(31-4)8-10-20/h6-12,16-17,23,25-26H,13-15H2,1-5H3/t16-,17-,23+/m0/s1. The molecule has 1 amide bonds. The third kappa shape index (κ3) is 6.19. The maximum atomic E-state index is 13.3. The molecule has 0 aromatic heterocycles. The first kappa shape index (κ1) is 25.8. The zero-order valence-corrected chi connectivity index (χ0v) is 21.0. The minimum atomic E-state index is -3.87. The predicted molar refractivity (Wildman–Crippen MR) is 130 cm³/mol. The zero-order chi connectivity index (χ0) is 24.9. The SMILES string of the molecule is COc1ccc(S(=O)(=O)Nc2ccc3c(c2)C(=O)N(C)C[C@@H](OC)[C@@H](C)CN[C@@H](C)CO3)cc1. The molecule has 1 heterocycles. The number of hydrogen-bond donors (Lipinski definition) is 2. The molecule has 9 nitrogen and oxygen atoms in total. The number of carbonyl (C=O) groups is 1. The van der Waals surface area contributed by atoms with Gasteiger partial charge >= 0.3 is 0 Å². The first-order valence-corrected chi connectivity index (χ1v) is 12.6. The average molecular weight is 492 g/mol. The molecule has 0 unspecified atom stereocenters. The van der Waals surface area contributed by atoms with Crippen molar-refractivity contribution in [3.8, 4) is 11.5 Å². The van der Waals surface area contributed by atoms with E-state index in [1.165, 1.54) is 25.3 Å². The minimum absolute atomic E-state index is 0.0494. The topological polar surface area (TPSA) is 106 Å². The van der Waals surface area contributed by atoms with Gasteiger partial charge in [0, 0.05) is 39.0 Å². The summed E-state index contributed by atoms with van der Waals surface area (Å²) in [5.74, 6) is 0.831. The van der Waals surface area contributed by atoms with E-state index in [1.807, 2.05) is 6.92 Å². The number of amides is 1. The predicted octanol–water partition coefficient (Wildman–Crippen LogP) is 2.59. The average Bonchev–Trinajstić information content (AvgIpc) is 2.83. The number of rotatable bonds is 5. The molecule has 3 atom stereocenters. The first-order valence-electron chi connectivity index (χ1n) is 11.1. The lowest BCUT2D eigenvalue weighted by Crippen LogP contribution is -2.44. The van der Waals surface area contributed by atoms with E-state index >= 15 is 0 Å². The van der Waals surface area contributed by atoms with Crippen LogP contribution in [0.1, 0.15) is 24.2 Å². The normalized spacial score (nSPS) is 22.1. The lowest BCUT2D eigenvalue weighted by molar-refractivity contribution is 0.0281. The van der Waals surface area contributed by atoms with Crippen LogP contribution in [0, 0.1) is 5.92 Å². The molecule has 34 heavy (non-hydrogen) atoms. The Labute approximate surface area is 201 Å². The van der Waals surface area contributed by atoms with Crippen LogP contribution in [0.5, 0.6) is 11.5 Å². The third-order valence-electron chi connectivity index (χ3n) is 5.85. The Hall–Kier alpha value is -2.82. The largest absolute Gasteiger partial charge is 0.497 e. The van der Waals surface area contributed by atoms with Gasteiger partial charge in [-0.25, -0.2) is 8.42 Å². The molecular formula is C24H33N3O6S.